The average Bonchev–Trinajstić information content (AvgIpc) is 2.41. The zero-order valence-electron chi connectivity index (χ0n) is 11.9. The van der Waals surface area contributed by atoms with Crippen LogP contribution in [0.4, 0.5) is 4.39 Å². The van der Waals surface area contributed by atoms with E-state index in [0.29, 0.717) is 12.0 Å². The maximum absolute atomic E-state index is 13.8. The maximum Gasteiger partial charge on any atom is 0.246 e. The van der Waals surface area contributed by atoms with E-state index in [9.17, 15) is 14.0 Å². The summed E-state index contributed by atoms with van der Waals surface area (Å²) in [6.07, 6.45) is 0.522. The van der Waals surface area contributed by atoms with Gasteiger partial charge >= 0.3 is 0 Å². The van der Waals surface area contributed by atoms with E-state index in [-0.39, 0.29) is 24.2 Å². The van der Waals surface area contributed by atoms with Crippen molar-refractivity contribution in [1.29, 1.82) is 0 Å². The largest absolute Gasteiger partial charge is 0.342 e. The van der Waals surface area contributed by atoms with Crippen LogP contribution in [0, 0.1) is 5.82 Å². The lowest BCUT2D eigenvalue weighted by Gasteiger charge is -2.44. The van der Waals surface area contributed by atoms with Crippen molar-refractivity contribution in [2.75, 3.05) is 0 Å². The molecule has 1 N–H and O–H groups in total. The summed E-state index contributed by atoms with van der Waals surface area (Å²) in [7, 11) is 0. The summed E-state index contributed by atoms with van der Waals surface area (Å²) in [4.78, 5) is 26.0. The van der Waals surface area contributed by atoms with Crippen molar-refractivity contribution in [3.05, 3.63) is 35.6 Å². The highest BCUT2D eigenvalue weighted by atomic mass is 19.1. The van der Waals surface area contributed by atoms with Crippen molar-refractivity contribution >= 4 is 11.8 Å². The normalized spacial score (nSPS) is 21.8. The Balaban J connectivity index is 2.33. The van der Waals surface area contributed by atoms with Gasteiger partial charge in [-0.1, -0.05) is 25.1 Å². The van der Waals surface area contributed by atoms with Crippen LogP contribution in [-0.2, 0) is 16.1 Å². The summed E-state index contributed by atoms with van der Waals surface area (Å²) < 4.78 is 13.8. The molecule has 0 aromatic heterocycles. The van der Waals surface area contributed by atoms with Crippen LogP contribution in [-0.4, -0.2) is 28.3 Å². The minimum absolute atomic E-state index is 0.0996. The average molecular weight is 278 g/mol. The molecule has 2 rings (SSSR count). The second-order valence-electron chi connectivity index (χ2n) is 5.51. The number of hydrogen-bond donors (Lipinski definition) is 1. The van der Waals surface area contributed by atoms with Crippen molar-refractivity contribution < 1.29 is 14.0 Å². The Kier molecular flexibility index (Phi) is 3.79. The van der Waals surface area contributed by atoms with E-state index >= 15 is 0 Å². The quantitative estimate of drug-likeness (QED) is 0.917. The molecule has 0 saturated carbocycles. The van der Waals surface area contributed by atoms with E-state index in [4.69, 9.17) is 0 Å². The number of rotatable bonds is 3. The van der Waals surface area contributed by atoms with Gasteiger partial charge in [0.05, 0.1) is 0 Å². The lowest BCUT2D eigenvalue weighted by molar-refractivity contribution is -0.156. The summed E-state index contributed by atoms with van der Waals surface area (Å²) in [5.41, 5.74) is -0.566. The third-order valence-electron chi connectivity index (χ3n) is 3.79. The topological polar surface area (TPSA) is 49.4 Å². The zero-order chi connectivity index (χ0) is 14.9. The molecule has 1 atom stereocenters. The van der Waals surface area contributed by atoms with Crippen LogP contribution in [0.1, 0.15) is 32.8 Å². The van der Waals surface area contributed by atoms with Crippen molar-refractivity contribution in [2.45, 2.75) is 45.3 Å². The highest BCUT2D eigenvalue weighted by Gasteiger charge is 2.45. The summed E-state index contributed by atoms with van der Waals surface area (Å²) in [6, 6.07) is 5.78. The lowest BCUT2D eigenvalue weighted by Crippen LogP contribution is -2.67. The van der Waals surface area contributed by atoms with E-state index in [1.165, 1.54) is 11.0 Å². The van der Waals surface area contributed by atoms with Gasteiger partial charge < -0.3 is 10.2 Å². The van der Waals surface area contributed by atoms with Gasteiger partial charge in [-0.25, -0.2) is 4.39 Å². The van der Waals surface area contributed by atoms with Gasteiger partial charge in [-0.15, -0.1) is 0 Å². The number of nitrogens with one attached hydrogen (secondary N) is 1. The van der Waals surface area contributed by atoms with Crippen LogP contribution >= 0.6 is 0 Å². The number of nitrogens with zero attached hydrogens (tertiary/aromatic N) is 1. The summed E-state index contributed by atoms with van der Waals surface area (Å²) >= 11 is 0. The molecular formula is C15H19FN2O2. The van der Waals surface area contributed by atoms with Gasteiger partial charge in [0.25, 0.3) is 0 Å². The summed E-state index contributed by atoms with van der Waals surface area (Å²) in [5.74, 6) is -0.740. The molecule has 1 unspecified atom stereocenters. The molecule has 1 saturated heterocycles. The van der Waals surface area contributed by atoms with E-state index in [2.05, 4.69) is 5.32 Å². The smallest absolute Gasteiger partial charge is 0.246 e. The molecule has 0 radical (unpaired) electrons. The fraction of sp³-hybridized carbons (Fsp3) is 0.467. The third kappa shape index (κ3) is 2.40. The first-order valence-electron chi connectivity index (χ1n) is 6.73. The first-order chi connectivity index (χ1) is 9.37. The molecule has 1 aliphatic heterocycles. The molecular weight excluding hydrogens is 259 g/mol. The van der Waals surface area contributed by atoms with Crippen LogP contribution in [0.2, 0.25) is 0 Å². The molecule has 5 heteroatoms. The van der Waals surface area contributed by atoms with E-state index < -0.39 is 11.6 Å². The van der Waals surface area contributed by atoms with Crippen LogP contribution in [0.15, 0.2) is 24.3 Å². The van der Waals surface area contributed by atoms with Gasteiger partial charge in [0.2, 0.25) is 11.8 Å². The van der Waals surface area contributed by atoms with Gasteiger partial charge in [-0.05, 0) is 26.3 Å². The Hall–Kier alpha value is -1.91. The van der Waals surface area contributed by atoms with E-state index in [1.807, 2.05) is 6.92 Å². The predicted octanol–water partition coefficient (Wildman–Crippen LogP) is 1.84. The van der Waals surface area contributed by atoms with Crippen LogP contribution in [0.25, 0.3) is 0 Å². The third-order valence-corrected chi connectivity index (χ3v) is 3.79. The van der Waals surface area contributed by atoms with Gasteiger partial charge in [0.15, 0.2) is 0 Å². The number of halogens is 1. The molecule has 1 fully saturated rings. The van der Waals surface area contributed by atoms with E-state index in [1.54, 1.807) is 32.0 Å². The SMILES string of the molecule is CCC1NC(=O)C(C)(C)N(Cc2ccccc2F)C1=O. The molecule has 1 heterocycles. The van der Waals surface area contributed by atoms with Crippen molar-refractivity contribution in [1.82, 2.24) is 10.2 Å². The minimum atomic E-state index is -0.981. The number of carbonyl (C=O) groups is 2. The van der Waals surface area contributed by atoms with Crippen LogP contribution in [0.5, 0.6) is 0 Å². The molecule has 1 aromatic carbocycles. The highest BCUT2D eigenvalue weighted by molar-refractivity contribution is 5.99. The van der Waals surface area contributed by atoms with Crippen molar-refractivity contribution in [3.63, 3.8) is 0 Å². The summed E-state index contributed by atoms with van der Waals surface area (Å²) in [5, 5.41) is 2.71. The van der Waals surface area contributed by atoms with E-state index in [0.717, 1.165) is 0 Å². The molecule has 0 spiro atoms. The second kappa shape index (κ2) is 5.23. The Morgan fingerprint density at radius 2 is 1.95 bits per heavy atom. The number of hydrogen-bond acceptors (Lipinski definition) is 2. The predicted molar refractivity (Wildman–Crippen MR) is 73.3 cm³/mol. The molecule has 20 heavy (non-hydrogen) atoms. The molecule has 0 bridgehead atoms. The molecule has 1 aromatic rings. The number of carbonyl (C=O) groups excluding carboxylic acids is 2. The first-order valence-corrected chi connectivity index (χ1v) is 6.73. The van der Waals surface area contributed by atoms with Crippen molar-refractivity contribution in [2.24, 2.45) is 0 Å². The lowest BCUT2D eigenvalue weighted by atomic mass is 9.94. The fourth-order valence-corrected chi connectivity index (χ4v) is 2.33. The fourth-order valence-electron chi connectivity index (χ4n) is 2.33. The standard InChI is InChI=1S/C15H19FN2O2/c1-4-12-13(19)18(15(2,3)14(20)17-12)9-10-7-5-6-8-11(10)16/h5-8,12H,4,9H2,1-3H3,(H,17,20). The van der Waals surface area contributed by atoms with Gasteiger partial charge in [-0.2, -0.15) is 0 Å². The highest BCUT2D eigenvalue weighted by Crippen LogP contribution is 2.25. The van der Waals surface area contributed by atoms with Gasteiger partial charge in [-0.3, -0.25) is 9.59 Å². The van der Waals surface area contributed by atoms with Crippen molar-refractivity contribution in [3.8, 4) is 0 Å². The number of benzene rings is 1. The molecule has 4 nitrogen and oxygen atoms in total. The van der Waals surface area contributed by atoms with Gasteiger partial charge in [0.1, 0.15) is 17.4 Å². The monoisotopic (exact) mass is 278 g/mol. The Morgan fingerprint density at radius 1 is 1.30 bits per heavy atom. The van der Waals surface area contributed by atoms with Gasteiger partial charge in [0, 0.05) is 12.1 Å². The Labute approximate surface area is 118 Å². The van der Waals surface area contributed by atoms with Crippen LogP contribution in [0.3, 0.4) is 0 Å². The Bertz CT molecular complexity index is 542. The molecule has 2 amide bonds. The maximum atomic E-state index is 13.8. The molecule has 1 aliphatic rings. The number of piperazine rings is 1. The van der Waals surface area contributed by atoms with Crippen LogP contribution < -0.4 is 5.32 Å². The summed E-state index contributed by atoms with van der Waals surface area (Å²) in [6.45, 7) is 5.28. The molecule has 0 aliphatic carbocycles. The zero-order valence-corrected chi connectivity index (χ0v) is 11.9. The first kappa shape index (κ1) is 14.5. The Morgan fingerprint density at radius 3 is 2.55 bits per heavy atom. The number of amides is 2. The minimum Gasteiger partial charge on any atom is -0.342 e. The second-order valence-corrected chi connectivity index (χ2v) is 5.51. The molecule has 108 valence electrons.